The first-order valence-electron chi connectivity index (χ1n) is 8.16. The number of nitrogens with two attached hydrogens (primary N) is 1. The van der Waals surface area contributed by atoms with Gasteiger partial charge in [0.25, 0.3) is 5.91 Å². The molecule has 2 aromatic heterocycles. The number of rotatable bonds is 6. The molecule has 3 aromatic rings. The number of carbonyl (C=O) groups is 2. The molecule has 7 nitrogen and oxygen atoms in total. The largest absolute Gasteiger partial charge is 0.366 e. The molecule has 0 atom stereocenters. The van der Waals surface area contributed by atoms with Gasteiger partial charge in [-0.25, -0.2) is 4.98 Å². The third kappa shape index (κ3) is 4.35. The van der Waals surface area contributed by atoms with Crippen molar-refractivity contribution in [2.45, 2.75) is 24.6 Å². The van der Waals surface area contributed by atoms with Crippen LogP contribution in [0, 0.1) is 13.8 Å². The molecule has 0 aliphatic heterocycles. The molecule has 0 radical (unpaired) electrons. The molecule has 1 aromatic carbocycles. The molecule has 0 fully saturated rings. The number of aryl methyl sites for hydroxylation is 2. The fraction of sp³-hybridized carbons (Fsp3) is 0.158. The molecule has 0 aliphatic carbocycles. The van der Waals surface area contributed by atoms with Crippen molar-refractivity contribution in [2.75, 3.05) is 5.32 Å². The SMILES string of the molecule is Cc1noc(C)c1CSc1ncccc1C(=O)Nc1ccc(C(N)=O)cc1. The van der Waals surface area contributed by atoms with Gasteiger partial charge in [0.1, 0.15) is 10.8 Å². The Hall–Kier alpha value is -3.13. The molecule has 0 bridgehead atoms. The van der Waals surface area contributed by atoms with E-state index in [1.54, 1.807) is 42.6 Å². The number of hydrogen-bond acceptors (Lipinski definition) is 6. The van der Waals surface area contributed by atoms with E-state index in [-0.39, 0.29) is 5.91 Å². The van der Waals surface area contributed by atoms with Gasteiger partial charge in [0.05, 0.1) is 11.3 Å². The van der Waals surface area contributed by atoms with Crippen molar-refractivity contribution in [3.05, 3.63) is 70.7 Å². The van der Waals surface area contributed by atoms with Gasteiger partial charge in [-0.2, -0.15) is 0 Å². The topological polar surface area (TPSA) is 111 Å². The summed E-state index contributed by atoms with van der Waals surface area (Å²) >= 11 is 1.45. The van der Waals surface area contributed by atoms with Crippen molar-refractivity contribution < 1.29 is 14.1 Å². The molecular formula is C19H18N4O3S. The number of nitrogens with one attached hydrogen (secondary N) is 1. The summed E-state index contributed by atoms with van der Waals surface area (Å²) in [7, 11) is 0. The van der Waals surface area contributed by atoms with Crippen LogP contribution in [0.15, 0.2) is 52.1 Å². The quantitative estimate of drug-likeness (QED) is 0.633. The van der Waals surface area contributed by atoms with Crippen LogP contribution in [0.4, 0.5) is 5.69 Å². The van der Waals surface area contributed by atoms with E-state index in [4.69, 9.17) is 10.3 Å². The van der Waals surface area contributed by atoms with Crippen LogP contribution in [0.3, 0.4) is 0 Å². The fourth-order valence-corrected chi connectivity index (χ4v) is 3.59. The Kier molecular flexibility index (Phi) is 5.56. The molecule has 0 saturated heterocycles. The van der Waals surface area contributed by atoms with Crippen LogP contribution in [0.2, 0.25) is 0 Å². The average molecular weight is 382 g/mol. The summed E-state index contributed by atoms with van der Waals surface area (Å²) in [6.07, 6.45) is 1.65. The zero-order chi connectivity index (χ0) is 19.4. The van der Waals surface area contributed by atoms with Gasteiger partial charge in [0, 0.05) is 28.8 Å². The monoisotopic (exact) mass is 382 g/mol. The number of thioether (sulfide) groups is 1. The lowest BCUT2D eigenvalue weighted by Crippen LogP contribution is -2.14. The normalized spacial score (nSPS) is 10.6. The van der Waals surface area contributed by atoms with Crippen LogP contribution in [0.25, 0.3) is 0 Å². The highest BCUT2D eigenvalue weighted by Crippen LogP contribution is 2.27. The van der Waals surface area contributed by atoms with Crippen LogP contribution < -0.4 is 11.1 Å². The number of benzene rings is 1. The maximum Gasteiger partial charge on any atom is 0.258 e. The van der Waals surface area contributed by atoms with E-state index in [1.807, 2.05) is 13.8 Å². The Morgan fingerprint density at radius 1 is 1.19 bits per heavy atom. The van der Waals surface area contributed by atoms with E-state index in [2.05, 4.69) is 15.5 Å². The Morgan fingerprint density at radius 2 is 1.93 bits per heavy atom. The second kappa shape index (κ2) is 8.05. The maximum atomic E-state index is 12.7. The second-order valence-electron chi connectivity index (χ2n) is 5.84. The van der Waals surface area contributed by atoms with Crippen LogP contribution in [-0.2, 0) is 5.75 Å². The van der Waals surface area contributed by atoms with Gasteiger partial charge in [-0.05, 0) is 50.2 Å². The fourth-order valence-electron chi connectivity index (χ4n) is 2.44. The van der Waals surface area contributed by atoms with Crippen molar-refractivity contribution in [2.24, 2.45) is 5.73 Å². The van der Waals surface area contributed by atoms with Crippen LogP contribution >= 0.6 is 11.8 Å². The number of primary amides is 1. The van der Waals surface area contributed by atoms with Crippen molar-refractivity contribution in [1.82, 2.24) is 10.1 Å². The number of hydrogen-bond donors (Lipinski definition) is 2. The van der Waals surface area contributed by atoms with Crippen LogP contribution in [0.1, 0.15) is 37.7 Å². The minimum absolute atomic E-state index is 0.281. The molecule has 0 aliphatic rings. The third-order valence-corrected chi connectivity index (χ3v) is 5.01. The van der Waals surface area contributed by atoms with Crippen molar-refractivity contribution in [3.63, 3.8) is 0 Å². The number of pyridine rings is 1. The van der Waals surface area contributed by atoms with E-state index in [0.717, 1.165) is 17.0 Å². The molecule has 27 heavy (non-hydrogen) atoms. The summed E-state index contributed by atoms with van der Waals surface area (Å²) in [5.74, 6) is 0.567. The molecule has 2 heterocycles. The molecule has 0 unspecified atom stereocenters. The molecular weight excluding hydrogens is 364 g/mol. The third-order valence-electron chi connectivity index (χ3n) is 3.98. The summed E-state index contributed by atoms with van der Waals surface area (Å²) < 4.78 is 5.17. The minimum Gasteiger partial charge on any atom is -0.366 e. The number of aromatic nitrogens is 2. The Balaban J connectivity index is 1.74. The predicted octanol–water partition coefficient (Wildman–Crippen LogP) is 3.33. The zero-order valence-electron chi connectivity index (χ0n) is 14.9. The van der Waals surface area contributed by atoms with Crippen molar-refractivity contribution in [1.29, 1.82) is 0 Å². The number of anilines is 1. The van der Waals surface area contributed by atoms with Crippen LogP contribution in [0.5, 0.6) is 0 Å². The standard InChI is InChI=1S/C19H18N4O3S/c1-11-16(12(2)26-23-11)10-27-19-15(4-3-9-21-19)18(25)22-14-7-5-13(6-8-14)17(20)24/h3-9H,10H2,1-2H3,(H2,20,24)(H,22,25). The van der Waals surface area contributed by atoms with Gasteiger partial charge in [-0.1, -0.05) is 5.16 Å². The van der Waals surface area contributed by atoms with E-state index in [9.17, 15) is 9.59 Å². The molecule has 2 amide bonds. The summed E-state index contributed by atoms with van der Waals surface area (Å²) in [5, 5.41) is 7.36. The van der Waals surface area contributed by atoms with Crippen LogP contribution in [-0.4, -0.2) is 22.0 Å². The number of carbonyl (C=O) groups excluding carboxylic acids is 2. The highest BCUT2D eigenvalue weighted by Gasteiger charge is 2.16. The van der Waals surface area contributed by atoms with E-state index in [0.29, 0.717) is 27.6 Å². The maximum absolute atomic E-state index is 12.7. The first-order valence-corrected chi connectivity index (χ1v) is 9.15. The van der Waals surface area contributed by atoms with Gasteiger partial charge in [0.15, 0.2) is 0 Å². The lowest BCUT2D eigenvalue weighted by molar-refractivity contribution is 0.0998. The van der Waals surface area contributed by atoms with Gasteiger partial charge in [0.2, 0.25) is 5.91 Å². The number of nitrogens with zero attached hydrogens (tertiary/aromatic N) is 2. The molecule has 0 saturated carbocycles. The van der Waals surface area contributed by atoms with Gasteiger partial charge >= 0.3 is 0 Å². The zero-order valence-corrected chi connectivity index (χ0v) is 15.7. The average Bonchev–Trinajstić information content (AvgIpc) is 2.98. The van der Waals surface area contributed by atoms with Gasteiger partial charge in [-0.15, -0.1) is 11.8 Å². The van der Waals surface area contributed by atoms with Crippen molar-refractivity contribution in [3.8, 4) is 0 Å². The Bertz CT molecular complexity index is 963. The highest BCUT2D eigenvalue weighted by molar-refractivity contribution is 7.98. The molecule has 3 N–H and O–H groups in total. The molecule has 0 spiro atoms. The molecule has 8 heteroatoms. The highest BCUT2D eigenvalue weighted by atomic mass is 32.2. The van der Waals surface area contributed by atoms with E-state index < -0.39 is 5.91 Å². The Labute approximate surface area is 160 Å². The first-order chi connectivity index (χ1) is 13.0. The summed E-state index contributed by atoms with van der Waals surface area (Å²) in [6, 6.07) is 9.82. The lowest BCUT2D eigenvalue weighted by Gasteiger charge is -2.09. The van der Waals surface area contributed by atoms with E-state index >= 15 is 0 Å². The first kappa shape index (κ1) is 18.7. The van der Waals surface area contributed by atoms with Crippen molar-refractivity contribution >= 4 is 29.3 Å². The van der Waals surface area contributed by atoms with Gasteiger partial charge in [-0.3, -0.25) is 9.59 Å². The Morgan fingerprint density at radius 3 is 2.56 bits per heavy atom. The minimum atomic E-state index is -0.516. The molecule has 3 rings (SSSR count). The predicted molar refractivity (Wildman–Crippen MR) is 103 cm³/mol. The second-order valence-corrected chi connectivity index (χ2v) is 6.81. The van der Waals surface area contributed by atoms with Gasteiger partial charge < -0.3 is 15.6 Å². The molecule has 138 valence electrons. The summed E-state index contributed by atoms with van der Waals surface area (Å²) in [4.78, 5) is 28.1. The van der Waals surface area contributed by atoms with E-state index in [1.165, 1.54) is 11.8 Å². The smallest absolute Gasteiger partial charge is 0.258 e. The summed E-state index contributed by atoms with van der Waals surface area (Å²) in [6.45, 7) is 3.74. The number of amides is 2. The summed E-state index contributed by atoms with van der Waals surface area (Å²) in [5.41, 5.74) is 8.46. The lowest BCUT2D eigenvalue weighted by atomic mass is 10.2.